The minimum atomic E-state index is -1.39. The Morgan fingerprint density at radius 3 is 2.86 bits per heavy atom. The van der Waals surface area contributed by atoms with E-state index in [1.807, 2.05) is 0 Å². The second-order valence-electron chi connectivity index (χ2n) is 5.20. The Hall–Kier alpha value is -1.95. The van der Waals surface area contributed by atoms with Crippen molar-refractivity contribution in [2.75, 3.05) is 11.9 Å². The van der Waals surface area contributed by atoms with Gasteiger partial charge in [0.25, 0.3) is 0 Å². The van der Waals surface area contributed by atoms with Crippen LogP contribution in [0.25, 0.3) is 0 Å². The van der Waals surface area contributed by atoms with Crippen molar-refractivity contribution in [1.29, 1.82) is 0 Å². The van der Waals surface area contributed by atoms with Crippen LogP contribution in [-0.2, 0) is 4.79 Å². The molecule has 0 saturated carbocycles. The van der Waals surface area contributed by atoms with Gasteiger partial charge >= 0.3 is 5.97 Å². The molecule has 6 heteroatoms. The normalized spacial score (nSPS) is 18.2. The number of halogens is 1. The number of carbonyl (C=O) groups is 2. The Balaban J connectivity index is 1.93. The van der Waals surface area contributed by atoms with Gasteiger partial charge < -0.3 is 15.7 Å². The van der Waals surface area contributed by atoms with Gasteiger partial charge in [0.1, 0.15) is 11.4 Å². The molecule has 0 aliphatic carbocycles. The van der Waals surface area contributed by atoms with Crippen molar-refractivity contribution in [3.05, 3.63) is 29.6 Å². The van der Waals surface area contributed by atoms with E-state index in [0.29, 0.717) is 12.5 Å². The van der Waals surface area contributed by atoms with Crippen LogP contribution in [-0.4, -0.2) is 29.6 Å². The number of anilines is 1. The molecule has 3 N–H and O–H groups in total. The maximum atomic E-state index is 13.5. The number of hydrogen-bond donors (Lipinski definition) is 3. The number of aromatic carboxylic acids is 1. The molecule has 2 rings (SSSR count). The zero-order chi connectivity index (χ0) is 15.2. The van der Waals surface area contributed by atoms with Gasteiger partial charge in [-0.25, -0.2) is 9.18 Å². The SMILES string of the molecule is O=C(CCC1CCCCN1)Nc1cccc(F)c1C(=O)O. The van der Waals surface area contributed by atoms with Crippen LogP contribution < -0.4 is 10.6 Å². The summed E-state index contributed by atoms with van der Waals surface area (Å²) in [6, 6.07) is 4.16. The summed E-state index contributed by atoms with van der Waals surface area (Å²) in [4.78, 5) is 22.9. The molecular weight excluding hydrogens is 275 g/mol. The van der Waals surface area contributed by atoms with Crippen LogP contribution in [0.4, 0.5) is 10.1 Å². The van der Waals surface area contributed by atoms with Crippen molar-refractivity contribution < 1.29 is 19.1 Å². The number of carbonyl (C=O) groups excluding carboxylic acids is 1. The summed E-state index contributed by atoms with van der Waals surface area (Å²) in [5.74, 6) is -2.54. The predicted molar refractivity (Wildman–Crippen MR) is 76.9 cm³/mol. The van der Waals surface area contributed by atoms with Gasteiger partial charge in [0.2, 0.25) is 5.91 Å². The third-order valence-electron chi connectivity index (χ3n) is 3.63. The average molecular weight is 294 g/mol. The maximum Gasteiger partial charge on any atom is 0.340 e. The first-order chi connectivity index (χ1) is 10.1. The molecule has 1 atom stereocenters. The lowest BCUT2D eigenvalue weighted by molar-refractivity contribution is -0.116. The minimum absolute atomic E-state index is 0.00380. The van der Waals surface area contributed by atoms with E-state index in [4.69, 9.17) is 5.11 Å². The van der Waals surface area contributed by atoms with Gasteiger partial charge in [0, 0.05) is 12.5 Å². The highest BCUT2D eigenvalue weighted by Crippen LogP contribution is 2.20. The van der Waals surface area contributed by atoms with Crippen LogP contribution in [0.2, 0.25) is 0 Å². The summed E-state index contributed by atoms with van der Waals surface area (Å²) in [6.45, 7) is 0.972. The Kier molecular flexibility index (Phi) is 5.27. The zero-order valence-corrected chi connectivity index (χ0v) is 11.7. The van der Waals surface area contributed by atoms with Crippen molar-refractivity contribution >= 4 is 17.6 Å². The number of rotatable bonds is 5. The predicted octanol–water partition coefficient (Wildman–Crippen LogP) is 2.38. The van der Waals surface area contributed by atoms with Gasteiger partial charge in [0.05, 0.1) is 5.69 Å². The minimum Gasteiger partial charge on any atom is -0.478 e. The molecule has 21 heavy (non-hydrogen) atoms. The molecule has 0 radical (unpaired) electrons. The number of nitrogens with one attached hydrogen (secondary N) is 2. The third kappa shape index (κ3) is 4.26. The van der Waals surface area contributed by atoms with Gasteiger partial charge in [-0.2, -0.15) is 0 Å². The molecule has 1 saturated heterocycles. The van der Waals surface area contributed by atoms with E-state index in [-0.39, 0.29) is 18.0 Å². The van der Waals surface area contributed by atoms with Crippen molar-refractivity contribution in [3.8, 4) is 0 Å². The van der Waals surface area contributed by atoms with Crippen LogP contribution in [0.3, 0.4) is 0 Å². The Morgan fingerprint density at radius 1 is 1.38 bits per heavy atom. The average Bonchev–Trinajstić information content (AvgIpc) is 2.46. The zero-order valence-electron chi connectivity index (χ0n) is 11.7. The fraction of sp³-hybridized carbons (Fsp3) is 0.467. The summed E-state index contributed by atoms with van der Waals surface area (Å²) >= 11 is 0. The van der Waals surface area contributed by atoms with Crippen molar-refractivity contribution in [3.63, 3.8) is 0 Å². The van der Waals surface area contributed by atoms with Crippen LogP contribution in [0.1, 0.15) is 42.5 Å². The van der Waals surface area contributed by atoms with E-state index in [0.717, 1.165) is 31.9 Å². The Labute approximate surface area is 122 Å². The molecule has 1 aromatic rings. The molecule has 1 aliphatic heterocycles. The number of piperidine rings is 1. The highest BCUT2D eigenvalue weighted by atomic mass is 19.1. The Morgan fingerprint density at radius 2 is 2.19 bits per heavy atom. The van der Waals surface area contributed by atoms with Gasteiger partial charge in [0.15, 0.2) is 0 Å². The molecule has 0 spiro atoms. The lowest BCUT2D eigenvalue weighted by Crippen LogP contribution is -2.34. The number of carboxylic acids is 1. The van der Waals surface area contributed by atoms with Gasteiger partial charge in [-0.05, 0) is 37.9 Å². The topological polar surface area (TPSA) is 78.4 Å². The maximum absolute atomic E-state index is 13.5. The fourth-order valence-corrected chi connectivity index (χ4v) is 2.53. The Bertz CT molecular complexity index is 528. The molecule has 1 unspecified atom stereocenters. The van der Waals surface area contributed by atoms with Crippen molar-refractivity contribution in [1.82, 2.24) is 5.32 Å². The van der Waals surface area contributed by atoms with E-state index < -0.39 is 17.3 Å². The summed E-state index contributed by atoms with van der Waals surface area (Å²) in [5, 5.41) is 14.8. The molecule has 114 valence electrons. The second-order valence-corrected chi connectivity index (χ2v) is 5.20. The molecule has 1 fully saturated rings. The molecule has 5 nitrogen and oxygen atoms in total. The van der Waals surface area contributed by atoms with Crippen LogP contribution >= 0.6 is 0 Å². The molecule has 1 aliphatic rings. The first-order valence-electron chi connectivity index (χ1n) is 7.13. The van der Waals surface area contributed by atoms with Crippen LogP contribution in [0.5, 0.6) is 0 Å². The van der Waals surface area contributed by atoms with Crippen molar-refractivity contribution in [2.24, 2.45) is 0 Å². The van der Waals surface area contributed by atoms with Crippen LogP contribution in [0, 0.1) is 5.82 Å². The third-order valence-corrected chi connectivity index (χ3v) is 3.63. The summed E-state index contributed by atoms with van der Waals surface area (Å²) < 4.78 is 13.5. The molecule has 1 amide bonds. The fourth-order valence-electron chi connectivity index (χ4n) is 2.53. The smallest absolute Gasteiger partial charge is 0.340 e. The molecular formula is C15H19FN2O3. The highest BCUT2D eigenvalue weighted by molar-refractivity contribution is 6.00. The van der Waals surface area contributed by atoms with E-state index in [1.165, 1.54) is 12.1 Å². The number of carboxylic acid groups (broad SMARTS) is 1. The second kappa shape index (κ2) is 7.17. The van der Waals surface area contributed by atoms with E-state index in [1.54, 1.807) is 0 Å². The van der Waals surface area contributed by atoms with Gasteiger partial charge in [-0.1, -0.05) is 12.5 Å². The molecule has 0 bridgehead atoms. The van der Waals surface area contributed by atoms with E-state index >= 15 is 0 Å². The van der Waals surface area contributed by atoms with Gasteiger partial charge in [-0.15, -0.1) is 0 Å². The largest absolute Gasteiger partial charge is 0.478 e. The molecule has 1 heterocycles. The van der Waals surface area contributed by atoms with E-state index in [2.05, 4.69) is 10.6 Å². The van der Waals surface area contributed by atoms with Gasteiger partial charge in [-0.3, -0.25) is 4.79 Å². The lowest BCUT2D eigenvalue weighted by Gasteiger charge is -2.23. The number of hydrogen-bond acceptors (Lipinski definition) is 3. The van der Waals surface area contributed by atoms with Crippen molar-refractivity contribution in [2.45, 2.75) is 38.1 Å². The quantitative estimate of drug-likeness (QED) is 0.779. The van der Waals surface area contributed by atoms with E-state index in [9.17, 15) is 14.0 Å². The lowest BCUT2D eigenvalue weighted by atomic mass is 10.0. The number of amides is 1. The molecule has 1 aromatic carbocycles. The summed E-state index contributed by atoms with van der Waals surface area (Å²) in [7, 11) is 0. The summed E-state index contributed by atoms with van der Waals surface area (Å²) in [5.41, 5.74) is -0.495. The molecule has 0 aromatic heterocycles. The first kappa shape index (κ1) is 15.4. The summed E-state index contributed by atoms with van der Waals surface area (Å²) in [6.07, 6.45) is 4.35. The first-order valence-corrected chi connectivity index (χ1v) is 7.13. The number of benzene rings is 1. The standard InChI is InChI=1S/C15H19FN2O3/c16-11-5-3-6-12(14(11)15(20)21)18-13(19)8-7-10-4-1-2-9-17-10/h3,5-6,10,17H,1-2,4,7-9H2,(H,18,19)(H,20,21). The van der Waals surface area contributed by atoms with Crippen LogP contribution in [0.15, 0.2) is 18.2 Å². The highest BCUT2D eigenvalue weighted by Gasteiger charge is 2.18. The monoisotopic (exact) mass is 294 g/mol.